The van der Waals surface area contributed by atoms with Gasteiger partial charge in [0.2, 0.25) is 0 Å². The number of thiophene rings is 1. The van der Waals surface area contributed by atoms with Crippen LogP contribution in [0.1, 0.15) is 41.4 Å². The largest absolute Gasteiger partial charge is 0.356 e. The van der Waals surface area contributed by atoms with E-state index >= 15 is 0 Å². The van der Waals surface area contributed by atoms with Gasteiger partial charge in [0.15, 0.2) is 11.8 Å². The molecule has 6 nitrogen and oxygen atoms in total. The molecule has 30 heavy (non-hydrogen) atoms. The number of aryl methyl sites for hydroxylation is 1. The maximum absolute atomic E-state index is 6.03. The predicted octanol–water partition coefficient (Wildman–Crippen LogP) is 4.89. The van der Waals surface area contributed by atoms with Crippen molar-refractivity contribution in [2.24, 2.45) is 12.0 Å². The highest BCUT2D eigenvalue weighted by Crippen LogP contribution is 2.20. The monoisotopic (exact) mass is 558 g/mol. The van der Waals surface area contributed by atoms with Crippen molar-refractivity contribution in [2.45, 2.75) is 39.3 Å². The molecule has 3 rings (SSSR count). The van der Waals surface area contributed by atoms with E-state index in [0.29, 0.717) is 12.5 Å². The summed E-state index contributed by atoms with van der Waals surface area (Å²) in [6.07, 6.45) is 1.02. The second-order valence-corrected chi connectivity index (χ2v) is 8.33. The van der Waals surface area contributed by atoms with Crippen molar-refractivity contribution in [2.75, 3.05) is 6.54 Å². The van der Waals surface area contributed by atoms with Crippen LogP contribution in [0.4, 0.5) is 0 Å². The maximum Gasteiger partial charge on any atom is 0.192 e. The lowest BCUT2D eigenvalue weighted by Gasteiger charge is -2.19. The zero-order chi connectivity index (χ0) is 20.6. The summed E-state index contributed by atoms with van der Waals surface area (Å²) in [6, 6.07) is 12.2. The van der Waals surface area contributed by atoms with Crippen LogP contribution in [0.3, 0.4) is 0 Å². The molecular weight excluding hydrogens is 531 g/mol. The van der Waals surface area contributed by atoms with E-state index in [2.05, 4.69) is 57.4 Å². The van der Waals surface area contributed by atoms with Gasteiger partial charge < -0.3 is 15.2 Å². The third kappa shape index (κ3) is 6.95. The molecule has 9 heteroatoms. The van der Waals surface area contributed by atoms with Gasteiger partial charge in [-0.1, -0.05) is 36.7 Å². The van der Waals surface area contributed by atoms with Crippen molar-refractivity contribution in [3.63, 3.8) is 0 Å². The average Bonchev–Trinajstić information content (AvgIpc) is 3.36. The van der Waals surface area contributed by atoms with Crippen molar-refractivity contribution < 1.29 is 0 Å². The lowest BCUT2D eigenvalue weighted by atomic mass is 9.96. The maximum atomic E-state index is 6.03. The number of halogens is 2. The van der Waals surface area contributed by atoms with Gasteiger partial charge in [-0.3, -0.25) is 0 Å². The quantitative estimate of drug-likeness (QED) is 0.235. The van der Waals surface area contributed by atoms with Crippen LogP contribution in [0.15, 0.2) is 46.8 Å². The fourth-order valence-electron chi connectivity index (χ4n) is 2.95. The molecule has 162 valence electrons. The van der Waals surface area contributed by atoms with Crippen molar-refractivity contribution in [1.82, 2.24) is 25.4 Å². The molecule has 0 aliphatic rings. The van der Waals surface area contributed by atoms with E-state index in [1.165, 1.54) is 10.4 Å². The lowest BCUT2D eigenvalue weighted by molar-refractivity contribution is 0.627. The fourth-order valence-corrected chi connectivity index (χ4v) is 3.72. The molecule has 2 N–H and O–H groups in total. The Bertz CT molecular complexity index is 924. The number of guanidine groups is 1. The first-order chi connectivity index (χ1) is 14.1. The van der Waals surface area contributed by atoms with E-state index in [1.807, 2.05) is 30.7 Å². The summed E-state index contributed by atoms with van der Waals surface area (Å²) < 4.78 is 1.96. The molecule has 0 aliphatic carbocycles. The SMILES string of the molecule is CCC(CNC(=NCc1nnc(C)n1C)NCc1cccs1)c1ccc(Cl)cc1.I. The molecule has 0 aliphatic heterocycles. The molecule has 3 aromatic rings. The molecule has 0 saturated heterocycles. The molecule has 0 bridgehead atoms. The van der Waals surface area contributed by atoms with E-state index in [0.717, 1.165) is 42.1 Å². The van der Waals surface area contributed by atoms with Crippen molar-refractivity contribution in [3.05, 3.63) is 68.9 Å². The zero-order valence-electron chi connectivity index (χ0n) is 17.4. The van der Waals surface area contributed by atoms with E-state index in [-0.39, 0.29) is 24.0 Å². The van der Waals surface area contributed by atoms with Crippen LogP contribution in [0.2, 0.25) is 5.02 Å². The van der Waals surface area contributed by atoms with Gasteiger partial charge in [-0.25, -0.2) is 4.99 Å². The zero-order valence-corrected chi connectivity index (χ0v) is 21.3. The Morgan fingerprint density at radius 2 is 1.97 bits per heavy atom. The standard InChI is InChI=1S/C21H27ClN6S.HI/c1-4-16(17-7-9-18(22)10-8-17)12-23-21(24-13-19-6-5-11-29-19)25-14-20-27-26-15(2)28(20)3;/h5-11,16H,4,12-14H2,1-3H3,(H2,23,24,25);1H. The van der Waals surface area contributed by atoms with Crippen LogP contribution in [-0.4, -0.2) is 27.3 Å². The number of aliphatic imine (C=N–C) groups is 1. The highest BCUT2D eigenvalue weighted by molar-refractivity contribution is 14.0. The van der Waals surface area contributed by atoms with Gasteiger partial charge in [0.05, 0.1) is 6.54 Å². The Hall–Kier alpha value is -1.65. The molecule has 1 unspecified atom stereocenters. The van der Waals surface area contributed by atoms with Crippen molar-refractivity contribution in [3.8, 4) is 0 Å². The third-order valence-electron chi connectivity index (χ3n) is 4.92. The summed E-state index contributed by atoms with van der Waals surface area (Å²) >= 11 is 7.76. The molecule has 0 fully saturated rings. The summed E-state index contributed by atoms with van der Waals surface area (Å²) in [4.78, 5) is 6.00. The first kappa shape index (κ1) is 24.6. The van der Waals surface area contributed by atoms with Crippen LogP contribution in [-0.2, 0) is 20.1 Å². The smallest absolute Gasteiger partial charge is 0.192 e. The summed E-state index contributed by atoms with van der Waals surface area (Å²) in [7, 11) is 1.96. The molecule has 0 radical (unpaired) electrons. The summed E-state index contributed by atoms with van der Waals surface area (Å²) in [6.45, 7) is 6.12. The molecule has 0 spiro atoms. The van der Waals surface area contributed by atoms with Crippen LogP contribution in [0, 0.1) is 6.92 Å². The topological polar surface area (TPSA) is 67.1 Å². The highest BCUT2D eigenvalue weighted by Gasteiger charge is 2.11. The molecule has 1 atom stereocenters. The summed E-state index contributed by atoms with van der Waals surface area (Å²) in [5.41, 5.74) is 1.27. The number of nitrogens with one attached hydrogen (secondary N) is 2. The minimum atomic E-state index is 0. The number of rotatable bonds is 8. The number of aromatic nitrogens is 3. The normalized spacial score (nSPS) is 12.3. The number of nitrogens with zero attached hydrogens (tertiary/aromatic N) is 4. The lowest BCUT2D eigenvalue weighted by Crippen LogP contribution is -2.39. The average molecular weight is 559 g/mol. The van der Waals surface area contributed by atoms with Crippen molar-refractivity contribution in [1.29, 1.82) is 0 Å². The van der Waals surface area contributed by atoms with Crippen LogP contribution < -0.4 is 10.6 Å². The van der Waals surface area contributed by atoms with E-state index in [9.17, 15) is 0 Å². The van der Waals surface area contributed by atoms with E-state index < -0.39 is 0 Å². The molecule has 0 saturated carbocycles. The van der Waals surface area contributed by atoms with Gasteiger partial charge in [0, 0.05) is 29.4 Å². The Labute approximate surface area is 204 Å². The minimum Gasteiger partial charge on any atom is -0.356 e. The summed E-state index contributed by atoms with van der Waals surface area (Å²) in [5.74, 6) is 2.86. The Kier molecular flexibility index (Phi) is 10.1. The van der Waals surface area contributed by atoms with E-state index in [1.54, 1.807) is 11.3 Å². The van der Waals surface area contributed by atoms with Crippen molar-refractivity contribution >= 4 is 52.9 Å². The van der Waals surface area contributed by atoms with Crippen LogP contribution in [0.5, 0.6) is 0 Å². The molecule has 1 aromatic carbocycles. The molecule has 0 amide bonds. The first-order valence-corrected chi connectivity index (χ1v) is 11.0. The van der Waals surface area contributed by atoms with Gasteiger partial charge in [-0.15, -0.1) is 45.5 Å². The molecule has 2 aromatic heterocycles. The molecular formula is C21H28ClIN6S. The minimum absolute atomic E-state index is 0. The Morgan fingerprint density at radius 1 is 1.20 bits per heavy atom. The highest BCUT2D eigenvalue weighted by atomic mass is 127. The number of hydrogen-bond acceptors (Lipinski definition) is 4. The first-order valence-electron chi connectivity index (χ1n) is 9.71. The van der Waals surface area contributed by atoms with Gasteiger partial charge in [0.25, 0.3) is 0 Å². The number of hydrogen-bond donors (Lipinski definition) is 2. The predicted molar refractivity (Wildman–Crippen MR) is 136 cm³/mol. The van der Waals surface area contributed by atoms with Crippen LogP contribution in [0.25, 0.3) is 0 Å². The summed E-state index contributed by atoms with van der Waals surface area (Å²) in [5, 5.41) is 18.1. The van der Waals surface area contributed by atoms with E-state index in [4.69, 9.17) is 16.6 Å². The van der Waals surface area contributed by atoms with Crippen LogP contribution >= 0.6 is 46.9 Å². The Morgan fingerprint density at radius 3 is 2.57 bits per heavy atom. The molecule has 2 heterocycles. The van der Waals surface area contributed by atoms with Gasteiger partial charge in [0.1, 0.15) is 12.4 Å². The van der Waals surface area contributed by atoms with Gasteiger partial charge >= 0.3 is 0 Å². The Balaban J connectivity index is 0.00000320. The fraction of sp³-hybridized carbons (Fsp3) is 0.381. The second-order valence-electron chi connectivity index (χ2n) is 6.86. The third-order valence-corrected chi connectivity index (χ3v) is 6.05. The van der Waals surface area contributed by atoms with Gasteiger partial charge in [-0.05, 0) is 42.5 Å². The number of benzene rings is 1. The second kappa shape index (κ2) is 12.3. The van der Waals surface area contributed by atoms with Gasteiger partial charge in [-0.2, -0.15) is 0 Å².